The summed E-state index contributed by atoms with van der Waals surface area (Å²) in [6, 6.07) is 0. The summed E-state index contributed by atoms with van der Waals surface area (Å²) in [6.45, 7) is 2.81. The highest BCUT2D eigenvalue weighted by atomic mass is 16.5. The summed E-state index contributed by atoms with van der Waals surface area (Å²) < 4.78 is 7.10. The number of ether oxygens (including phenoxy) is 1. The predicted molar refractivity (Wildman–Crippen MR) is 61.6 cm³/mol. The predicted octanol–water partition coefficient (Wildman–Crippen LogP) is 1.57. The average Bonchev–Trinajstić information content (AvgIpc) is 2.77. The molecule has 0 aliphatic rings. The van der Waals surface area contributed by atoms with E-state index in [0.29, 0.717) is 5.75 Å². The molecule has 2 aromatic rings. The molecule has 0 unspecified atom stereocenters. The van der Waals surface area contributed by atoms with Crippen LogP contribution < -0.4 is 4.74 Å². The van der Waals surface area contributed by atoms with E-state index in [2.05, 4.69) is 15.1 Å². The molecule has 0 amide bonds. The molecule has 7 heteroatoms. The van der Waals surface area contributed by atoms with Crippen LogP contribution >= 0.6 is 0 Å². The zero-order chi connectivity index (χ0) is 13.0. The maximum absolute atomic E-state index is 10.9. The lowest BCUT2D eigenvalue weighted by molar-refractivity contribution is 0.0693. The summed E-state index contributed by atoms with van der Waals surface area (Å²) in [5.41, 5.74) is -0.0826. The molecule has 2 heterocycles. The van der Waals surface area contributed by atoms with Gasteiger partial charge in [-0.2, -0.15) is 5.10 Å². The quantitative estimate of drug-likeness (QED) is 0.863. The Kier molecular flexibility index (Phi) is 3.52. The lowest BCUT2D eigenvalue weighted by atomic mass is 10.3. The zero-order valence-electron chi connectivity index (χ0n) is 9.78. The molecule has 1 N–H and O–H groups in total. The Morgan fingerprint density at radius 2 is 2.33 bits per heavy atom. The van der Waals surface area contributed by atoms with Gasteiger partial charge in [0.2, 0.25) is 5.88 Å². The maximum atomic E-state index is 10.9. The zero-order valence-corrected chi connectivity index (χ0v) is 9.78. The minimum absolute atomic E-state index is 0.00792. The van der Waals surface area contributed by atoms with E-state index in [1.807, 2.05) is 6.92 Å². The minimum atomic E-state index is -1.13. The van der Waals surface area contributed by atoms with Gasteiger partial charge in [-0.1, -0.05) is 6.92 Å². The Morgan fingerprint density at radius 1 is 1.50 bits per heavy atom. The molecule has 94 valence electrons. The minimum Gasteiger partial charge on any atom is -0.477 e. The molecule has 2 aromatic heterocycles. The molecule has 18 heavy (non-hydrogen) atoms. The lowest BCUT2D eigenvalue weighted by Crippen LogP contribution is -2.02. The van der Waals surface area contributed by atoms with Crippen LogP contribution in [0.25, 0.3) is 0 Å². The molecular weight excluding hydrogens is 236 g/mol. The van der Waals surface area contributed by atoms with Crippen LogP contribution in [0.5, 0.6) is 11.6 Å². The monoisotopic (exact) mass is 248 g/mol. The van der Waals surface area contributed by atoms with Gasteiger partial charge in [-0.25, -0.2) is 14.8 Å². The molecule has 0 saturated heterocycles. The van der Waals surface area contributed by atoms with Crippen molar-refractivity contribution in [2.75, 3.05) is 0 Å². The second-order valence-corrected chi connectivity index (χ2v) is 3.59. The SMILES string of the molecule is CCCn1cc(Oc2ncncc2C(=O)O)cn1. The molecule has 0 aliphatic carbocycles. The largest absolute Gasteiger partial charge is 0.477 e. The fourth-order valence-electron chi connectivity index (χ4n) is 1.41. The van der Waals surface area contributed by atoms with E-state index in [-0.39, 0.29) is 11.4 Å². The van der Waals surface area contributed by atoms with Crippen molar-refractivity contribution < 1.29 is 14.6 Å². The van der Waals surface area contributed by atoms with E-state index in [4.69, 9.17) is 9.84 Å². The first-order valence-corrected chi connectivity index (χ1v) is 5.44. The molecule has 0 saturated carbocycles. The molecule has 0 atom stereocenters. The lowest BCUT2D eigenvalue weighted by Gasteiger charge is -2.03. The number of carboxylic acids is 1. The van der Waals surface area contributed by atoms with Gasteiger partial charge in [0.25, 0.3) is 0 Å². The van der Waals surface area contributed by atoms with E-state index >= 15 is 0 Å². The molecule has 0 aromatic carbocycles. The van der Waals surface area contributed by atoms with Crippen LogP contribution in [0.1, 0.15) is 23.7 Å². The normalized spacial score (nSPS) is 10.3. The van der Waals surface area contributed by atoms with Crippen LogP contribution in [0, 0.1) is 0 Å². The van der Waals surface area contributed by atoms with E-state index in [1.165, 1.54) is 18.7 Å². The van der Waals surface area contributed by atoms with E-state index in [1.54, 1.807) is 10.9 Å². The third-order valence-corrected chi connectivity index (χ3v) is 2.18. The molecule has 2 rings (SSSR count). The smallest absolute Gasteiger partial charge is 0.342 e. The Hall–Kier alpha value is -2.44. The molecule has 0 aliphatic heterocycles. The summed E-state index contributed by atoms with van der Waals surface area (Å²) in [5, 5.41) is 13.0. The van der Waals surface area contributed by atoms with Gasteiger partial charge >= 0.3 is 5.97 Å². The Bertz CT molecular complexity index is 553. The highest BCUT2D eigenvalue weighted by Gasteiger charge is 2.14. The second-order valence-electron chi connectivity index (χ2n) is 3.59. The van der Waals surface area contributed by atoms with Gasteiger partial charge in [0, 0.05) is 12.7 Å². The van der Waals surface area contributed by atoms with Crippen molar-refractivity contribution >= 4 is 5.97 Å². The van der Waals surface area contributed by atoms with Crippen LogP contribution in [0.3, 0.4) is 0 Å². The summed E-state index contributed by atoms with van der Waals surface area (Å²) in [4.78, 5) is 18.4. The molecule has 0 bridgehead atoms. The number of rotatable bonds is 5. The number of hydrogen-bond acceptors (Lipinski definition) is 5. The van der Waals surface area contributed by atoms with Crippen molar-refractivity contribution in [2.24, 2.45) is 0 Å². The van der Waals surface area contributed by atoms with Crippen molar-refractivity contribution in [3.8, 4) is 11.6 Å². The maximum Gasteiger partial charge on any atom is 0.342 e. The third kappa shape index (κ3) is 2.62. The van der Waals surface area contributed by atoms with Crippen molar-refractivity contribution in [1.82, 2.24) is 19.7 Å². The Balaban J connectivity index is 2.20. The Morgan fingerprint density at radius 3 is 3.06 bits per heavy atom. The molecular formula is C11H12N4O3. The summed E-state index contributed by atoms with van der Waals surface area (Å²) in [7, 11) is 0. The van der Waals surface area contributed by atoms with Gasteiger partial charge in [-0.3, -0.25) is 4.68 Å². The van der Waals surface area contributed by atoms with Gasteiger partial charge in [-0.05, 0) is 6.42 Å². The molecule has 0 radical (unpaired) electrons. The van der Waals surface area contributed by atoms with Crippen LogP contribution in [-0.4, -0.2) is 30.8 Å². The second kappa shape index (κ2) is 5.26. The number of nitrogens with zero attached hydrogens (tertiary/aromatic N) is 4. The van der Waals surface area contributed by atoms with Gasteiger partial charge < -0.3 is 9.84 Å². The number of carbonyl (C=O) groups is 1. The van der Waals surface area contributed by atoms with Gasteiger partial charge in [0.15, 0.2) is 5.75 Å². The van der Waals surface area contributed by atoms with Crippen LogP contribution in [0.2, 0.25) is 0 Å². The number of aryl methyl sites for hydroxylation is 1. The third-order valence-electron chi connectivity index (χ3n) is 2.18. The van der Waals surface area contributed by atoms with Gasteiger partial charge in [-0.15, -0.1) is 0 Å². The van der Waals surface area contributed by atoms with Gasteiger partial charge in [0.05, 0.1) is 12.4 Å². The first-order valence-electron chi connectivity index (χ1n) is 5.44. The summed E-state index contributed by atoms with van der Waals surface area (Å²) in [5.74, 6) is -0.676. The van der Waals surface area contributed by atoms with Crippen molar-refractivity contribution in [3.05, 3.63) is 30.5 Å². The van der Waals surface area contributed by atoms with Crippen LogP contribution in [-0.2, 0) is 6.54 Å². The first kappa shape index (κ1) is 12.0. The summed E-state index contributed by atoms with van der Waals surface area (Å²) in [6.07, 6.45) is 6.59. The fourth-order valence-corrected chi connectivity index (χ4v) is 1.41. The number of carboxylic acid groups (broad SMARTS) is 1. The topological polar surface area (TPSA) is 90.1 Å². The molecule has 7 nitrogen and oxygen atoms in total. The molecule has 0 fully saturated rings. The van der Waals surface area contributed by atoms with E-state index in [0.717, 1.165) is 13.0 Å². The standard InChI is InChI=1S/C11H12N4O3/c1-2-3-15-6-8(4-14-15)18-10-9(11(16)17)5-12-7-13-10/h4-7H,2-3H2,1H3,(H,16,17). The number of hydrogen-bond donors (Lipinski definition) is 1. The average molecular weight is 248 g/mol. The highest BCUT2D eigenvalue weighted by Crippen LogP contribution is 2.21. The van der Waals surface area contributed by atoms with Gasteiger partial charge in [0.1, 0.15) is 11.9 Å². The van der Waals surface area contributed by atoms with E-state index < -0.39 is 5.97 Å². The highest BCUT2D eigenvalue weighted by molar-refractivity contribution is 5.89. The van der Waals surface area contributed by atoms with Crippen LogP contribution in [0.4, 0.5) is 0 Å². The molecule has 0 spiro atoms. The van der Waals surface area contributed by atoms with E-state index in [9.17, 15) is 4.79 Å². The van der Waals surface area contributed by atoms with Crippen LogP contribution in [0.15, 0.2) is 24.9 Å². The van der Waals surface area contributed by atoms with Crippen molar-refractivity contribution in [2.45, 2.75) is 19.9 Å². The van der Waals surface area contributed by atoms with Crippen molar-refractivity contribution in [1.29, 1.82) is 0 Å². The fraction of sp³-hybridized carbons (Fsp3) is 0.273. The Labute approximate surface area is 103 Å². The first-order chi connectivity index (χ1) is 8.70. The number of aromatic nitrogens is 4. The number of aromatic carboxylic acids is 1. The summed E-state index contributed by atoms with van der Waals surface area (Å²) >= 11 is 0. The van der Waals surface area contributed by atoms with Crippen molar-refractivity contribution in [3.63, 3.8) is 0 Å².